The normalized spacial score (nSPS) is 14.2. The number of hydrogen-bond donors (Lipinski definition) is 2. The summed E-state index contributed by atoms with van der Waals surface area (Å²) in [5.41, 5.74) is 1.82. The molecule has 0 aliphatic carbocycles. The molecule has 6 nitrogen and oxygen atoms in total. The van der Waals surface area contributed by atoms with Gasteiger partial charge in [-0.3, -0.25) is 4.79 Å². The van der Waals surface area contributed by atoms with Crippen molar-refractivity contribution in [2.24, 2.45) is 0 Å². The summed E-state index contributed by atoms with van der Waals surface area (Å²) in [6.45, 7) is 1.37. The molecule has 0 spiro atoms. The van der Waals surface area contributed by atoms with Gasteiger partial charge in [-0.05, 0) is 54.8 Å². The lowest BCUT2D eigenvalue weighted by atomic mass is 10.0. The van der Waals surface area contributed by atoms with E-state index < -0.39 is 17.9 Å². The van der Waals surface area contributed by atoms with Crippen molar-refractivity contribution in [3.05, 3.63) is 65.5 Å². The van der Waals surface area contributed by atoms with Crippen LogP contribution in [0.2, 0.25) is 0 Å². The lowest BCUT2D eigenvalue weighted by molar-refractivity contribution is -0.132. The van der Waals surface area contributed by atoms with Crippen LogP contribution in [0.4, 0.5) is 14.9 Å². The Morgan fingerprint density at radius 3 is 2.32 bits per heavy atom. The lowest BCUT2D eigenvalue weighted by Crippen LogP contribution is -2.50. The molecule has 1 heterocycles. The van der Waals surface area contributed by atoms with Crippen molar-refractivity contribution in [3.63, 3.8) is 0 Å². The van der Waals surface area contributed by atoms with E-state index in [1.165, 1.54) is 24.3 Å². The molecule has 0 aromatic heterocycles. The summed E-state index contributed by atoms with van der Waals surface area (Å²) in [6, 6.07) is 13.1. The molecule has 1 fully saturated rings. The molecule has 0 bridgehead atoms. The molecule has 2 aromatic carbocycles. The number of nitriles is 1. The van der Waals surface area contributed by atoms with Gasteiger partial charge < -0.3 is 15.5 Å². The molecule has 3 amide bonds. The Balaban J connectivity index is 1.70. The van der Waals surface area contributed by atoms with E-state index in [2.05, 4.69) is 16.7 Å². The fraction of sp³-hybridized carbons (Fsp3) is 0.286. The number of anilines is 1. The maximum Gasteiger partial charge on any atom is 0.319 e. The van der Waals surface area contributed by atoms with Crippen molar-refractivity contribution >= 4 is 17.6 Å². The Bertz CT molecular complexity index is 869. The highest BCUT2D eigenvalue weighted by atomic mass is 19.1. The number of likely N-dealkylation sites (tertiary alicyclic amines) is 1. The van der Waals surface area contributed by atoms with Gasteiger partial charge >= 0.3 is 6.03 Å². The monoisotopic (exact) mass is 380 g/mol. The van der Waals surface area contributed by atoms with Crippen molar-refractivity contribution in [1.82, 2.24) is 10.2 Å². The Morgan fingerprint density at radius 2 is 1.71 bits per heavy atom. The van der Waals surface area contributed by atoms with Crippen LogP contribution in [0.25, 0.3) is 0 Å². The number of nitrogens with zero attached hydrogens (tertiary/aromatic N) is 2. The summed E-state index contributed by atoms with van der Waals surface area (Å²) in [6.07, 6.45) is 2.23. The third kappa shape index (κ3) is 5.07. The molecule has 1 atom stereocenters. The van der Waals surface area contributed by atoms with Gasteiger partial charge in [-0.2, -0.15) is 5.26 Å². The van der Waals surface area contributed by atoms with Gasteiger partial charge in [-0.15, -0.1) is 0 Å². The molecule has 1 aliphatic heterocycles. The summed E-state index contributed by atoms with van der Waals surface area (Å²) in [5.74, 6) is -0.523. The van der Waals surface area contributed by atoms with Gasteiger partial charge in [0.2, 0.25) is 5.91 Å². The molecule has 2 aromatic rings. The molecule has 7 heteroatoms. The molecule has 1 aliphatic rings. The minimum atomic E-state index is -0.730. The standard InChI is InChI=1S/C21H21FN4O2/c22-17-7-9-18(10-8-17)24-21(28)25-19(20(27)26-11-1-2-12-26)13-15-3-5-16(14-23)6-4-15/h3-10,19H,1-2,11-13H2,(H2,24,25,28)/t19-/m1/s1. The highest BCUT2D eigenvalue weighted by Crippen LogP contribution is 2.14. The quantitative estimate of drug-likeness (QED) is 0.836. The topological polar surface area (TPSA) is 85.2 Å². The molecule has 28 heavy (non-hydrogen) atoms. The van der Waals surface area contributed by atoms with Gasteiger partial charge in [0.25, 0.3) is 0 Å². The average molecular weight is 380 g/mol. The number of carbonyl (C=O) groups excluding carboxylic acids is 2. The lowest BCUT2D eigenvalue weighted by Gasteiger charge is -2.24. The number of halogens is 1. The van der Waals surface area contributed by atoms with Crippen LogP contribution in [0.1, 0.15) is 24.0 Å². The number of carbonyl (C=O) groups is 2. The van der Waals surface area contributed by atoms with E-state index in [-0.39, 0.29) is 5.91 Å². The fourth-order valence-corrected chi connectivity index (χ4v) is 3.17. The third-order valence-electron chi connectivity index (χ3n) is 4.65. The molecular weight excluding hydrogens is 359 g/mol. The maximum absolute atomic E-state index is 13.0. The fourth-order valence-electron chi connectivity index (χ4n) is 3.17. The van der Waals surface area contributed by atoms with Gasteiger partial charge in [0.05, 0.1) is 11.6 Å². The predicted octanol–water partition coefficient (Wildman–Crippen LogP) is 3.05. The van der Waals surface area contributed by atoms with Crippen LogP contribution in [-0.2, 0) is 11.2 Å². The first-order valence-corrected chi connectivity index (χ1v) is 9.16. The summed E-state index contributed by atoms with van der Waals surface area (Å²) in [7, 11) is 0. The Kier molecular flexibility index (Phi) is 6.22. The van der Waals surface area contributed by atoms with Crippen molar-refractivity contribution in [2.75, 3.05) is 18.4 Å². The van der Waals surface area contributed by atoms with Crippen LogP contribution in [0.3, 0.4) is 0 Å². The maximum atomic E-state index is 13.0. The largest absolute Gasteiger partial charge is 0.341 e. The van der Waals surface area contributed by atoms with E-state index in [0.29, 0.717) is 30.8 Å². The predicted molar refractivity (Wildman–Crippen MR) is 103 cm³/mol. The SMILES string of the molecule is N#Cc1ccc(C[C@@H](NC(=O)Nc2ccc(F)cc2)C(=O)N2CCCC2)cc1. The van der Waals surface area contributed by atoms with Crippen LogP contribution in [0.5, 0.6) is 0 Å². The molecule has 2 N–H and O–H groups in total. The zero-order chi connectivity index (χ0) is 19.9. The third-order valence-corrected chi connectivity index (χ3v) is 4.65. The number of amides is 3. The first kappa shape index (κ1) is 19.4. The van der Waals surface area contributed by atoms with Gasteiger partial charge in [-0.1, -0.05) is 12.1 Å². The smallest absolute Gasteiger partial charge is 0.319 e. The summed E-state index contributed by atoms with van der Waals surface area (Å²) >= 11 is 0. The van der Waals surface area contributed by atoms with Crippen molar-refractivity contribution < 1.29 is 14.0 Å². The van der Waals surface area contributed by atoms with Crippen LogP contribution >= 0.6 is 0 Å². The Morgan fingerprint density at radius 1 is 1.07 bits per heavy atom. The van der Waals surface area contributed by atoms with E-state index in [4.69, 9.17) is 5.26 Å². The molecule has 1 saturated heterocycles. The zero-order valence-corrected chi connectivity index (χ0v) is 15.3. The van der Waals surface area contributed by atoms with Crippen molar-refractivity contribution in [1.29, 1.82) is 5.26 Å². The van der Waals surface area contributed by atoms with Gasteiger partial charge in [-0.25, -0.2) is 9.18 Å². The Labute approximate surface area is 163 Å². The first-order valence-electron chi connectivity index (χ1n) is 9.16. The minimum Gasteiger partial charge on any atom is -0.341 e. The van der Waals surface area contributed by atoms with E-state index >= 15 is 0 Å². The van der Waals surface area contributed by atoms with Crippen LogP contribution in [-0.4, -0.2) is 36.0 Å². The van der Waals surface area contributed by atoms with Gasteiger partial charge in [0, 0.05) is 25.2 Å². The van der Waals surface area contributed by atoms with E-state index in [1.807, 2.05) is 0 Å². The van der Waals surface area contributed by atoms with E-state index in [9.17, 15) is 14.0 Å². The number of benzene rings is 2. The second-order valence-corrected chi connectivity index (χ2v) is 6.70. The summed E-state index contributed by atoms with van der Waals surface area (Å²) in [5, 5.41) is 14.3. The van der Waals surface area contributed by atoms with Gasteiger partial charge in [0.1, 0.15) is 11.9 Å². The molecule has 0 unspecified atom stereocenters. The highest BCUT2D eigenvalue weighted by Gasteiger charge is 2.28. The van der Waals surface area contributed by atoms with E-state index in [1.54, 1.807) is 29.2 Å². The molecule has 144 valence electrons. The van der Waals surface area contributed by atoms with Crippen LogP contribution in [0, 0.1) is 17.1 Å². The number of hydrogen-bond acceptors (Lipinski definition) is 3. The van der Waals surface area contributed by atoms with E-state index in [0.717, 1.165) is 18.4 Å². The number of nitrogens with one attached hydrogen (secondary N) is 2. The molecule has 3 rings (SSSR count). The second kappa shape index (κ2) is 9.00. The molecular formula is C21H21FN4O2. The highest BCUT2D eigenvalue weighted by molar-refractivity contribution is 5.93. The second-order valence-electron chi connectivity index (χ2n) is 6.70. The van der Waals surface area contributed by atoms with Crippen LogP contribution < -0.4 is 10.6 Å². The van der Waals surface area contributed by atoms with Gasteiger partial charge in [0.15, 0.2) is 0 Å². The first-order chi connectivity index (χ1) is 13.5. The van der Waals surface area contributed by atoms with Crippen molar-refractivity contribution in [2.45, 2.75) is 25.3 Å². The van der Waals surface area contributed by atoms with Crippen molar-refractivity contribution in [3.8, 4) is 6.07 Å². The average Bonchev–Trinajstić information content (AvgIpc) is 3.24. The minimum absolute atomic E-state index is 0.129. The molecule has 0 radical (unpaired) electrons. The number of rotatable bonds is 5. The summed E-state index contributed by atoms with van der Waals surface area (Å²) < 4.78 is 13.0. The number of urea groups is 1. The summed E-state index contributed by atoms with van der Waals surface area (Å²) in [4.78, 5) is 27.0. The Hall–Kier alpha value is -3.40. The van der Waals surface area contributed by atoms with Crippen LogP contribution in [0.15, 0.2) is 48.5 Å². The molecule has 0 saturated carbocycles. The zero-order valence-electron chi connectivity index (χ0n) is 15.3.